The van der Waals surface area contributed by atoms with Gasteiger partial charge in [-0.1, -0.05) is 6.92 Å². The van der Waals surface area contributed by atoms with Crippen LogP contribution >= 0.6 is 0 Å². The lowest BCUT2D eigenvalue weighted by Gasteiger charge is -2.29. The molecule has 3 fully saturated rings. The first-order valence-corrected chi connectivity index (χ1v) is 6.47. The lowest BCUT2D eigenvalue weighted by atomic mass is 9.80. The molecule has 1 aliphatic heterocycles. The minimum Gasteiger partial charge on any atom is -0.266 e. The summed E-state index contributed by atoms with van der Waals surface area (Å²) >= 11 is 0. The molecule has 0 aromatic heterocycles. The van der Waals surface area contributed by atoms with Gasteiger partial charge in [-0.05, 0) is 31.1 Å². The predicted molar refractivity (Wildman–Crippen MR) is 47.6 cm³/mol. The molecule has 3 aliphatic rings. The van der Waals surface area contributed by atoms with Gasteiger partial charge in [0.05, 0.1) is 11.4 Å². The van der Waals surface area contributed by atoms with Crippen LogP contribution in [0, 0.1) is 17.8 Å². The molecule has 2 bridgehead atoms. The summed E-state index contributed by atoms with van der Waals surface area (Å²) < 4.78 is 28.3. The van der Waals surface area contributed by atoms with Gasteiger partial charge in [0.25, 0.3) is 10.1 Å². The largest absolute Gasteiger partial charge is 0.270 e. The molecule has 1 heterocycles. The smallest absolute Gasteiger partial charge is 0.266 e. The third-order valence-electron chi connectivity index (χ3n) is 3.95. The highest BCUT2D eigenvalue weighted by Gasteiger charge is 2.58. The Morgan fingerprint density at radius 3 is 2.77 bits per heavy atom. The van der Waals surface area contributed by atoms with Crippen LogP contribution in [0.1, 0.15) is 26.2 Å². The molecular formula is C9H14O3S. The van der Waals surface area contributed by atoms with Gasteiger partial charge in [0.2, 0.25) is 0 Å². The summed E-state index contributed by atoms with van der Waals surface area (Å²) in [5, 5.41) is -0.160. The average molecular weight is 202 g/mol. The number of hydrogen-bond acceptors (Lipinski definition) is 3. The fraction of sp³-hybridized carbons (Fsp3) is 1.00. The third-order valence-corrected chi connectivity index (χ3v) is 5.73. The maximum absolute atomic E-state index is 11.6. The topological polar surface area (TPSA) is 43.4 Å². The van der Waals surface area contributed by atoms with Crippen molar-refractivity contribution in [3.63, 3.8) is 0 Å². The molecule has 74 valence electrons. The number of fused-ring (bicyclic) bond motifs is 1. The normalized spacial score (nSPS) is 56.8. The fourth-order valence-electron chi connectivity index (χ4n) is 3.48. The van der Waals surface area contributed by atoms with Gasteiger partial charge in [-0.3, -0.25) is 4.18 Å². The zero-order valence-corrected chi connectivity index (χ0v) is 8.46. The van der Waals surface area contributed by atoms with Crippen LogP contribution in [-0.2, 0) is 14.3 Å². The van der Waals surface area contributed by atoms with Crippen LogP contribution < -0.4 is 0 Å². The second-order valence-electron chi connectivity index (χ2n) is 4.81. The Morgan fingerprint density at radius 2 is 2.00 bits per heavy atom. The minimum absolute atomic E-state index is 0.00810. The summed E-state index contributed by atoms with van der Waals surface area (Å²) in [7, 11) is -3.19. The van der Waals surface area contributed by atoms with E-state index in [4.69, 9.17) is 4.18 Å². The molecule has 0 amide bonds. The van der Waals surface area contributed by atoms with Crippen molar-refractivity contribution in [2.24, 2.45) is 17.8 Å². The summed E-state index contributed by atoms with van der Waals surface area (Å²) in [6, 6.07) is 0. The van der Waals surface area contributed by atoms with Gasteiger partial charge >= 0.3 is 0 Å². The summed E-state index contributed by atoms with van der Waals surface area (Å²) in [6.07, 6.45) is 3.11. The maximum Gasteiger partial charge on any atom is 0.270 e. The van der Waals surface area contributed by atoms with Gasteiger partial charge in [0.1, 0.15) is 0 Å². The first-order valence-electron chi connectivity index (χ1n) is 5.00. The second kappa shape index (κ2) is 2.28. The Balaban J connectivity index is 2.06. The van der Waals surface area contributed by atoms with E-state index in [2.05, 4.69) is 6.92 Å². The molecule has 5 unspecified atom stereocenters. The lowest BCUT2D eigenvalue weighted by Crippen LogP contribution is -2.30. The molecule has 3 nitrogen and oxygen atoms in total. The van der Waals surface area contributed by atoms with E-state index >= 15 is 0 Å². The molecule has 0 aromatic rings. The molecule has 0 spiro atoms. The van der Waals surface area contributed by atoms with Gasteiger partial charge in [0.15, 0.2) is 0 Å². The molecule has 1 saturated heterocycles. The van der Waals surface area contributed by atoms with Crippen LogP contribution in [0.2, 0.25) is 0 Å². The fourth-order valence-corrected chi connectivity index (χ4v) is 5.47. The molecule has 3 rings (SSSR count). The molecule has 2 aliphatic carbocycles. The molecule has 4 heteroatoms. The second-order valence-corrected chi connectivity index (χ2v) is 6.59. The third kappa shape index (κ3) is 0.960. The van der Waals surface area contributed by atoms with E-state index in [0.29, 0.717) is 17.8 Å². The highest BCUT2D eigenvalue weighted by Crippen LogP contribution is 2.53. The Kier molecular flexibility index (Phi) is 1.45. The predicted octanol–water partition coefficient (Wildman–Crippen LogP) is 1.15. The molecule has 5 atom stereocenters. The monoisotopic (exact) mass is 202 g/mol. The number of hydrogen-bond donors (Lipinski definition) is 0. The Bertz CT molecular complexity index is 335. The molecule has 0 radical (unpaired) electrons. The maximum atomic E-state index is 11.6. The van der Waals surface area contributed by atoms with Crippen molar-refractivity contribution >= 4 is 10.1 Å². The molecule has 13 heavy (non-hydrogen) atoms. The van der Waals surface area contributed by atoms with Crippen LogP contribution in [0.4, 0.5) is 0 Å². The summed E-state index contributed by atoms with van der Waals surface area (Å²) in [5.74, 6) is 1.41. The van der Waals surface area contributed by atoms with Crippen molar-refractivity contribution in [1.82, 2.24) is 0 Å². The van der Waals surface area contributed by atoms with E-state index in [0.717, 1.165) is 19.3 Å². The Morgan fingerprint density at radius 1 is 1.23 bits per heavy atom. The highest BCUT2D eigenvalue weighted by molar-refractivity contribution is 7.87. The van der Waals surface area contributed by atoms with Crippen LogP contribution in [0.25, 0.3) is 0 Å². The van der Waals surface area contributed by atoms with Crippen molar-refractivity contribution < 1.29 is 12.6 Å². The van der Waals surface area contributed by atoms with Crippen molar-refractivity contribution in [1.29, 1.82) is 0 Å². The van der Waals surface area contributed by atoms with E-state index in [9.17, 15) is 8.42 Å². The van der Waals surface area contributed by atoms with Crippen molar-refractivity contribution in [3.8, 4) is 0 Å². The summed E-state index contributed by atoms with van der Waals surface area (Å²) in [6.45, 7) is 2.12. The zero-order chi connectivity index (χ0) is 9.22. The summed E-state index contributed by atoms with van der Waals surface area (Å²) in [5.41, 5.74) is 0. The molecule has 0 aromatic carbocycles. The standard InChI is InChI=1S/C9H14O3S/c1-5-2-6-3-7-8(4-6)13(10,11)12-9(5)7/h5-9H,2-4H2,1H3. The SMILES string of the molecule is CC1CC2CC3C1OS(=O)(=O)C3C2. The van der Waals surface area contributed by atoms with Gasteiger partial charge in [-0.15, -0.1) is 0 Å². The summed E-state index contributed by atoms with van der Waals surface area (Å²) in [4.78, 5) is 0. The van der Waals surface area contributed by atoms with Crippen LogP contribution in [0.3, 0.4) is 0 Å². The van der Waals surface area contributed by atoms with Crippen molar-refractivity contribution in [2.75, 3.05) is 0 Å². The first-order chi connectivity index (χ1) is 6.08. The molecule has 0 N–H and O–H groups in total. The van der Waals surface area contributed by atoms with E-state index in [1.165, 1.54) is 0 Å². The van der Waals surface area contributed by atoms with Gasteiger partial charge in [-0.25, -0.2) is 0 Å². The van der Waals surface area contributed by atoms with E-state index in [1.54, 1.807) is 0 Å². The van der Waals surface area contributed by atoms with Gasteiger partial charge in [0, 0.05) is 5.92 Å². The zero-order valence-electron chi connectivity index (χ0n) is 7.64. The number of rotatable bonds is 0. The van der Waals surface area contributed by atoms with Gasteiger partial charge < -0.3 is 0 Å². The quantitative estimate of drug-likeness (QED) is 0.553. The lowest BCUT2D eigenvalue weighted by molar-refractivity contribution is 0.0809. The van der Waals surface area contributed by atoms with Gasteiger partial charge in [-0.2, -0.15) is 8.42 Å². The molecule has 2 saturated carbocycles. The van der Waals surface area contributed by atoms with Crippen molar-refractivity contribution in [3.05, 3.63) is 0 Å². The highest BCUT2D eigenvalue weighted by atomic mass is 32.2. The minimum atomic E-state index is -3.19. The van der Waals surface area contributed by atoms with E-state index < -0.39 is 10.1 Å². The van der Waals surface area contributed by atoms with E-state index in [1.807, 2.05) is 0 Å². The average Bonchev–Trinajstić information content (AvgIpc) is 2.48. The first kappa shape index (κ1) is 8.24. The van der Waals surface area contributed by atoms with Crippen molar-refractivity contribution in [2.45, 2.75) is 37.5 Å². The van der Waals surface area contributed by atoms with Crippen LogP contribution in [-0.4, -0.2) is 19.8 Å². The van der Waals surface area contributed by atoms with E-state index in [-0.39, 0.29) is 11.4 Å². The molecular weight excluding hydrogens is 188 g/mol. The van der Waals surface area contributed by atoms with Crippen LogP contribution in [0.15, 0.2) is 0 Å². The Labute approximate surface area is 78.6 Å². The van der Waals surface area contributed by atoms with Crippen LogP contribution in [0.5, 0.6) is 0 Å². The Hall–Kier alpha value is -0.0900.